The van der Waals surface area contributed by atoms with Crippen LogP contribution in [0.25, 0.3) is 0 Å². The number of hydrogen-bond acceptors (Lipinski definition) is 3. The molecular weight excluding hydrogens is 240 g/mol. The second kappa shape index (κ2) is 5.48. The second-order valence-corrected chi connectivity index (χ2v) is 5.70. The molecule has 0 aliphatic heterocycles. The molecule has 1 fully saturated rings. The number of carbonyl (C=O) groups is 1. The Morgan fingerprint density at radius 1 is 1.68 bits per heavy atom. The van der Waals surface area contributed by atoms with Gasteiger partial charge in [-0.25, -0.2) is 0 Å². The van der Waals surface area contributed by atoms with E-state index >= 15 is 0 Å². The maximum Gasteiger partial charge on any atom is 0.240 e. The first-order valence-electron chi connectivity index (χ1n) is 6.80. The summed E-state index contributed by atoms with van der Waals surface area (Å²) in [6.45, 7) is 4.04. The van der Waals surface area contributed by atoms with E-state index in [1.165, 1.54) is 0 Å². The molecule has 0 bridgehead atoms. The van der Waals surface area contributed by atoms with Gasteiger partial charge >= 0.3 is 0 Å². The van der Waals surface area contributed by atoms with Crippen LogP contribution in [0, 0.1) is 22.7 Å². The zero-order valence-corrected chi connectivity index (χ0v) is 11.5. The Morgan fingerprint density at radius 3 is 2.95 bits per heavy atom. The topological polar surface area (TPSA) is 66.0 Å². The summed E-state index contributed by atoms with van der Waals surface area (Å²) in [4.78, 5) is 12.1. The largest absolute Gasteiger partial charge is 0.469 e. The molecule has 1 unspecified atom stereocenters. The number of furan rings is 1. The molecule has 2 rings (SSSR count). The molecule has 0 spiro atoms. The fourth-order valence-corrected chi connectivity index (χ4v) is 2.71. The summed E-state index contributed by atoms with van der Waals surface area (Å²) in [5.74, 6) is 1.29. The van der Waals surface area contributed by atoms with E-state index in [4.69, 9.17) is 4.42 Å². The van der Waals surface area contributed by atoms with E-state index in [-0.39, 0.29) is 11.9 Å². The molecule has 1 saturated carbocycles. The van der Waals surface area contributed by atoms with E-state index in [1.54, 1.807) is 6.26 Å². The lowest BCUT2D eigenvalue weighted by atomic mass is 9.63. The first kappa shape index (κ1) is 13.7. The number of hydrogen-bond donors (Lipinski definition) is 1. The molecule has 1 aromatic heterocycles. The van der Waals surface area contributed by atoms with Crippen molar-refractivity contribution in [2.45, 2.75) is 45.6 Å². The van der Waals surface area contributed by atoms with E-state index in [9.17, 15) is 10.1 Å². The van der Waals surface area contributed by atoms with Crippen LogP contribution >= 0.6 is 0 Å². The molecule has 19 heavy (non-hydrogen) atoms. The van der Waals surface area contributed by atoms with E-state index < -0.39 is 5.41 Å². The normalized spacial score (nSPS) is 27.1. The van der Waals surface area contributed by atoms with Gasteiger partial charge in [0.1, 0.15) is 11.2 Å². The smallest absolute Gasteiger partial charge is 0.240 e. The van der Waals surface area contributed by atoms with E-state index in [2.05, 4.69) is 18.3 Å². The van der Waals surface area contributed by atoms with Crippen molar-refractivity contribution in [2.24, 2.45) is 11.3 Å². The Morgan fingerprint density at radius 2 is 2.42 bits per heavy atom. The number of carbonyl (C=O) groups excluding carboxylic acids is 1. The average molecular weight is 260 g/mol. The van der Waals surface area contributed by atoms with Gasteiger partial charge in [0, 0.05) is 12.5 Å². The van der Waals surface area contributed by atoms with Crippen LogP contribution in [0.5, 0.6) is 0 Å². The first-order valence-corrected chi connectivity index (χ1v) is 6.80. The van der Waals surface area contributed by atoms with Crippen molar-refractivity contribution in [2.75, 3.05) is 0 Å². The molecule has 4 nitrogen and oxygen atoms in total. The van der Waals surface area contributed by atoms with Crippen LogP contribution in [-0.2, 0) is 11.2 Å². The highest BCUT2D eigenvalue weighted by molar-refractivity contribution is 5.86. The number of nitrogens with one attached hydrogen (secondary N) is 1. The maximum absolute atomic E-state index is 12.1. The molecule has 0 saturated heterocycles. The van der Waals surface area contributed by atoms with Crippen molar-refractivity contribution in [3.05, 3.63) is 24.2 Å². The lowest BCUT2D eigenvalue weighted by molar-refractivity contribution is -0.134. The summed E-state index contributed by atoms with van der Waals surface area (Å²) < 4.78 is 5.26. The van der Waals surface area contributed by atoms with Gasteiger partial charge in [0.25, 0.3) is 0 Å². The summed E-state index contributed by atoms with van der Waals surface area (Å²) in [7, 11) is 0. The second-order valence-electron chi connectivity index (χ2n) is 5.70. The Balaban J connectivity index is 1.80. The van der Waals surface area contributed by atoms with Crippen molar-refractivity contribution in [3.8, 4) is 6.07 Å². The molecule has 1 amide bonds. The average Bonchev–Trinajstić information content (AvgIpc) is 2.85. The van der Waals surface area contributed by atoms with Gasteiger partial charge in [-0.05, 0) is 44.2 Å². The van der Waals surface area contributed by atoms with Crippen LogP contribution in [0.2, 0.25) is 0 Å². The quantitative estimate of drug-likeness (QED) is 0.885. The van der Waals surface area contributed by atoms with Crippen molar-refractivity contribution in [1.82, 2.24) is 5.32 Å². The van der Waals surface area contributed by atoms with Crippen LogP contribution in [0.3, 0.4) is 0 Å². The minimum Gasteiger partial charge on any atom is -0.469 e. The van der Waals surface area contributed by atoms with Gasteiger partial charge in [-0.2, -0.15) is 5.26 Å². The van der Waals surface area contributed by atoms with E-state index in [0.717, 1.165) is 18.6 Å². The van der Waals surface area contributed by atoms with Crippen molar-refractivity contribution < 1.29 is 9.21 Å². The van der Waals surface area contributed by atoms with Crippen molar-refractivity contribution >= 4 is 5.91 Å². The fraction of sp³-hybridized carbons (Fsp3) is 0.600. The highest BCUT2D eigenvalue weighted by atomic mass is 16.3. The Hall–Kier alpha value is -1.76. The van der Waals surface area contributed by atoms with Gasteiger partial charge < -0.3 is 9.73 Å². The molecule has 0 radical (unpaired) electrons. The molecule has 0 aromatic carbocycles. The lowest BCUT2D eigenvalue weighted by Gasteiger charge is -2.39. The third kappa shape index (κ3) is 2.98. The summed E-state index contributed by atoms with van der Waals surface area (Å²) in [5, 5.41) is 12.1. The molecule has 102 valence electrons. The van der Waals surface area contributed by atoms with Gasteiger partial charge in [0.05, 0.1) is 12.3 Å². The van der Waals surface area contributed by atoms with E-state index in [1.807, 2.05) is 19.1 Å². The number of nitrogens with zero attached hydrogens (tertiary/aromatic N) is 1. The number of aryl methyl sites for hydroxylation is 1. The SMILES string of the molecule is CC1CC(C#N)(C(=O)NC(C)CCc2ccco2)C1. The summed E-state index contributed by atoms with van der Waals surface area (Å²) in [5.41, 5.74) is -0.779. The molecule has 1 aliphatic carbocycles. The van der Waals surface area contributed by atoms with Gasteiger partial charge in [-0.3, -0.25) is 4.79 Å². The highest BCUT2D eigenvalue weighted by Crippen LogP contribution is 2.45. The van der Waals surface area contributed by atoms with Crippen LogP contribution in [0.4, 0.5) is 0 Å². The van der Waals surface area contributed by atoms with Crippen LogP contribution in [0.1, 0.15) is 38.9 Å². The minimum atomic E-state index is -0.779. The number of nitriles is 1. The third-order valence-corrected chi connectivity index (χ3v) is 3.82. The summed E-state index contributed by atoms with van der Waals surface area (Å²) in [6, 6.07) is 6.03. The van der Waals surface area contributed by atoms with Crippen molar-refractivity contribution in [3.63, 3.8) is 0 Å². The zero-order chi connectivity index (χ0) is 13.9. The molecule has 1 heterocycles. The minimum absolute atomic E-state index is 0.0544. The summed E-state index contributed by atoms with van der Waals surface area (Å²) in [6.07, 6.45) is 4.63. The highest BCUT2D eigenvalue weighted by Gasteiger charge is 2.49. The molecular formula is C15H20N2O2. The van der Waals surface area contributed by atoms with Gasteiger partial charge in [-0.1, -0.05) is 6.92 Å². The zero-order valence-electron chi connectivity index (χ0n) is 11.5. The third-order valence-electron chi connectivity index (χ3n) is 3.82. The maximum atomic E-state index is 12.1. The monoisotopic (exact) mass is 260 g/mol. The molecule has 1 atom stereocenters. The van der Waals surface area contributed by atoms with Gasteiger partial charge in [0.15, 0.2) is 0 Å². The molecule has 1 aromatic rings. The molecule has 4 heteroatoms. The lowest BCUT2D eigenvalue weighted by Crippen LogP contribution is -2.50. The predicted octanol–water partition coefficient (Wildman–Crippen LogP) is 2.66. The number of amides is 1. The first-order chi connectivity index (χ1) is 9.05. The standard InChI is InChI=1S/C15H20N2O2/c1-11-8-15(9-11,10-16)14(18)17-12(2)5-6-13-4-3-7-19-13/h3-4,7,11-12H,5-6,8-9H2,1-2H3,(H,17,18). The Bertz CT molecular complexity index is 467. The van der Waals surface area contributed by atoms with Crippen LogP contribution in [-0.4, -0.2) is 11.9 Å². The summed E-state index contributed by atoms with van der Waals surface area (Å²) >= 11 is 0. The number of rotatable bonds is 5. The van der Waals surface area contributed by atoms with Gasteiger partial charge in [0.2, 0.25) is 5.91 Å². The van der Waals surface area contributed by atoms with Crippen LogP contribution < -0.4 is 5.32 Å². The van der Waals surface area contributed by atoms with Crippen LogP contribution in [0.15, 0.2) is 22.8 Å². The molecule has 1 aliphatic rings. The van der Waals surface area contributed by atoms with Crippen molar-refractivity contribution in [1.29, 1.82) is 5.26 Å². The Labute approximate surface area is 113 Å². The molecule has 1 N–H and O–H groups in total. The van der Waals surface area contributed by atoms with E-state index in [0.29, 0.717) is 18.8 Å². The van der Waals surface area contributed by atoms with Gasteiger partial charge in [-0.15, -0.1) is 0 Å². The predicted molar refractivity (Wildman–Crippen MR) is 71.1 cm³/mol. The Kier molecular flexibility index (Phi) is 3.94. The fourth-order valence-electron chi connectivity index (χ4n) is 2.71.